The van der Waals surface area contributed by atoms with Gasteiger partial charge < -0.3 is 10.2 Å². The van der Waals surface area contributed by atoms with Gasteiger partial charge in [0.25, 0.3) is 0 Å². The maximum atomic E-state index is 13.2. The van der Waals surface area contributed by atoms with Gasteiger partial charge in [-0.05, 0) is 42.4 Å². The maximum absolute atomic E-state index is 13.2. The summed E-state index contributed by atoms with van der Waals surface area (Å²) in [5, 5.41) is 3.37. The first-order chi connectivity index (χ1) is 10.2. The summed E-state index contributed by atoms with van der Waals surface area (Å²) in [6.45, 7) is 2.83. The second-order valence-electron chi connectivity index (χ2n) is 6.41. The molecule has 1 spiro atoms. The molecule has 114 valence electrons. The molecule has 1 aromatic rings. The van der Waals surface area contributed by atoms with Crippen molar-refractivity contribution in [2.75, 3.05) is 20.1 Å². The summed E-state index contributed by atoms with van der Waals surface area (Å²) >= 11 is 0. The van der Waals surface area contributed by atoms with Gasteiger partial charge in [-0.15, -0.1) is 0 Å². The molecule has 2 fully saturated rings. The average Bonchev–Trinajstić information content (AvgIpc) is 3.11. The summed E-state index contributed by atoms with van der Waals surface area (Å²) < 4.78 is 13.2. The minimum absolute atomic E-state index is 0.185. The molecule has 0 unspecified atom stereocenters. The Kier molecular flexibility index (Phi) is 4.13. The van der Waals surface area contributed by atoms with E-state index in [1.54, 1.807) is 12.1 Å². The van der Waals surface area contributed by atoms with Crippen LogP contribution >= 0.6 is 0 Å². The third-order valence-corrected chi connectivity index (χ3v) is 4.95. The van der Waals surface area contributed by atoms with E-state index in [-0.39, 0.29) is 5.82 Å². The second-order valence-corrected chi connectivity index (χ2v) is 6.41. The smallest absolute Gasteiger partial charge is 0.193 e. The van der Waals surface area contributed by atoms with Gasteiger partial charge in [0, 0.05) is 26.7 Å². The molecule has 1 heterocycles. The maximum Gasteiger partial charge on any atom is 0.193 e. The molecule has 0 aromatic heterocycles. The van der Waals surface area contributed by atoms with Crippen LogP contribution in [0.5, 0.6) is 0 Å². The number of aliphatic imine (C=N–C) groups is 1. The molecule has 1 saturated heterocycles. The van der Waals surface area contributed by atoms with Gasteiger partial charge >= 0.3 is 0 Å². The Hall–Kier alpha value is -1.58. The first-order valence-corrected chi connectivity index (χ1v) is 7.91. The molecule has 1 aliphatic heterocycles. The van der Waals surface area contributed by atoms with E-state index in [0.717, 1.165) is 24.6 Å². The molecule has 1 aliphatic carbocycles. The number of halogens is 1. The number of rotatable bonds is 2. The molecular formula is C17H24FN3. The van der Waals surface area contributed by atoms with Crippen molar-refractivity contribution < 1.29 is 4.39 Å². The van der Waals surface area contributed by atoms with Crippen molar-refractivity contribution in [3.8, 4) is 0 Å². The zero-order chi connectivity index (χ0) is 14.7. The quantitative estimate of drug-likeness (QED) is 0.669. The fourth-order valence-corrected chi connectivity index (χ4v) is 3.81. The van der Waals surface area contributed by atoms with Gasteiger partial charge in [0.1, 0.15) is 5.82 Å². The lowest BCUT2D eigenvalue weighted by molar-refractivity contribution is 0.309. The third-order valence-electron chi connectivity index (χ3n) is 4.95. The van der Waals surface area contributed by atoms with E-state index in [2.05, 4.69) is 15.2 Å². The van der Waals surface area contributed by atoms with Gasteiger partial charge in [-0.2, -0.15) is 0 Å². The summed E-state index contributed by atoms with van der Waals surface area (Å²) in [4.78, 5) is 6.77. The monoisotopic (exact) mass is 289 g/mol. The van der Waals surface area contributed by atoms with Gasteiger partial charge in [-0.1, -0.05) is 25.0 Å². The molecule has 1 aromatic carbocycles. The fourth-order valence-electron chi connectivity index (χ4n) is 3.81. The van der Waals surface area contributed by atoms with Crippen LogP contribution in [0, 0.1) is 11.2 Å². The Labute approximate surface area is 126 Å². The first-order valence-electron chi connectivity index (χ1n) is 7.91. The van der Waals surface area contributed by atoms with E-state index in [1.807, 2.05) is 13.1 Å². The van der Waals surface area contributed by atoms with Gasteiger partial charge in [0.05, 0.1) is 0 Å². The van der Waals surface area contributed by atoms with Crippen LogP contribution in [0.15, 0.2) is 29.3 Å². The second kappa shape index (κ2) is 6.04. The van der Waals surface area contributed by atoms with E-state index < -0.39 is 0 Å². The molecule has 0 amide bonds. The molecule has 1 N–H and O–H groups in total. The number of benzene rings is 1. The largest absolute Gasteiger partial charge is 0.352 e. The van der Waals surface area contributed by atoms with Crippen LogP contribution in [0.2, 0.25) is 0 Å². The molecule has 4 heteroatoms. The minimum Gasteiger partial charge on any atom is -0.352 e. The van der Waals surface area contributed by atoms with Crippen molar-refractivity contribution in [2.24, 2.45) is 10.4 Å². The Morgan fingerprint density at radius 3 is 2.86 bits per heavy atom. The van der Waals surface area contributed by atoms with Crippen LogP contribution in [0.3, 0.4) is 0 Å². The summed E-state index contributed by atoms with van der Waals surface area (Å²) in [5.74, 6) is 0.762. The number of nitrogens with zero attached hydrogens (tertiary/aromatic N) is 2. The molecule has 3 rings (SSSR count). The van der Waals surface area contributed by atoms with Gasteiger partial charge in [0.15, 0.2) is 5.96 Å². The highest BCUT2D eigenvalue weighted by Gasteiger charge is 2.40. The highest BCUT2D eigenvalue weighted by molar-refractivity contribution is 5.80. The highest BCUT2D eigenvalue weighted by Crippen LogP contribution is 2.45. The van der Waals surface area contributed by atoms with Crippen molar-refractivity contribution in [1.82, 2.24) is 10.2 Å². The zero-order valence-corrected chi connectivity index (χ0v) is 12.7. The Morgan fingerprint density at radius 1 is 1.33 bits per heavy atom. The van der Waals surface area contributed by atoms with E-state index in [1.165, 1.54) is 38.2 Å². The predicted molar refractivity (Wildman–Crippen MR) is 83.7 cm³/mol. The summed E-state index contributed by atoms with van der Waals surface area (Å²) in [5.41, 5.74) is 1.49. The Morgan fingerprint density at radius 2 is 2.14 bits per heavy atom. The summed E-state index contributed by atoms with van der Waals surface area (Å²) in [6, 6.07) is 6.73. The van der Waals surface area contributed by atoms with Crippen molar-refractivity contribution in [3.05, 3.63) is 35.6 Å². The summed E-state index contributed by atoms with van der Waals surface area (Å²) in [7, 11) is 1.83. The average molecular weight is 289 g/mol. The molecule has 1 saturated carbocycles. The molecule has 0 radical (unpaired) electrons. The minimum atomic E-state index is -0.185. The topological polar surface area (TPSA) is 27.6 Å². The van der Waals surface area contributed by atoms with Crippen LogP contribution in [0.25, 0.3) is 0 Å². The first kappa shape index (κ1) is 14.4. The van der Waals surface area contributed by atoms with Crippen molar-refractivity contribution in [3.63, 3.8) is 0 Å². The number of hydrogen-bond donors (Lipinski definition) is 1. The van der Waals surface area contributed by atoms with Crippen LogP contribution < -0.4 is 5.32 Å². The van der Waals surface area contributed by atoms with E-state index >= 15 is 0 Å². The van der Waals surface area contributed by atoms with Crippen molar-refractivity contribution in [2.45, 2.75) is 38.6 Å². The number of guanidine groups is 1. The SMILES string of the molecule is CN=C(NCc1cccc(F)c1)N1CCC2(CCCC2)C1. The highest BCUT2D eigenvalue weighted by atomic mass is 19.1. The predicted octanol–water partition coefficient (Wildman–Crippen LogP) is 3.17. The van der Waals surface area contributed by atoms with Crippen molar-refractivity contribution in [1.29, 1.82) is 0 Å². The lowest BCUT2D eigenvalue weighted by atomic mass is 9.86. The van der Waals surface area contributed by atoms with Crippen LogP contribution in [0.4, 0.5) is 4.39 Å². The summed E-state index contributed by atoms with van der Waals surface area (Å²) in [6.07, 6.45) is 6.77. The normalized spacial score (nSPS) is 21.2. The van der Waals surface area contributed by atoms with Crippen molar-refractivity contribution >= 4 is 5.96 Å². The standard InChI is InChI=1S/C17H24FN3/c1-19-16(20-12-14-5-4-6-15(18)11-14)21-10-9-17(13-21)7-2-3-8-17/h4-6,11H,2-3,7-10,12-13H2,1H3,(H,19,20). The van der Waals surface area contributed by atoms with E-state index in [0.29, 0.717) is 12.0 Å². The molecule has 3 nitrogen and oxygen atoms in total. The van der Waals surface area contributed by atoms with Gasteiger partial charge in [0.2, 0.25) is 0 Å². The van der Waals surface area contributed by atoms with Gasteiger partial charge in [-0.3, -0.25) is 4.99 Å². The molecule has 0 bridgehead atoms. The van der Waals surface area contributed by atoms with Gasteiger partial charge in [-0.25, -0.2) is 4.39 Å². The number of likely N-dealkylation sites (tertiary alicyclic amines) is 1. The van der Waals surface area contributed by atoms with Crippen LogP contribution in [-0.4, -0.2) is 31.0 Å². The molecular weight excluding hydrogens is 265 g/mol. The lowest BCUT2D eigenvalue weighted by Crippen LogP contribution is -2.40. The molecule has 2 aliphatic rings. The Balaban J connectivity index is 1.59. The number of hydrogen-bond acceptors (Lipinski definition) is 1. The zero-order valence-electron chi connectivity index (χ0n) is 12.7. The number of nitrogens with one attached hydrogen (secondary N) is 1. The van der Waals surface area contributed by atoms with E-state index in [9.17, 15) is 4.39 Å². The lowest BCUT2D eigenvalue weighted by Gasteiger charge is -2.26. The molecule has 21 heavy (non-hydrogen) atoms. The third kappa shape index (κ3) is 3.20. The fraction of sp³-hybridized carbons (Fsp3) is 0.588. The van der Waals surface area contributed by atoms with E-state index in [4.69, 9.17) is 0 Å². The van der Waals surface area contributed by atoms with Crippen LogP contribution in [0.1, 0.15) is 37.7 Å². The van der Waals surface area contributed by atoms with Crippen LogP contribution in [-0.2, 0) is 6.54 Å². The molecule has 0 atom stereocenters. The Bertz CT molecular complexity index is 521.